The van der Waals surface area contributed by atoms with Crippen molar-refractivity contribution in [2.45, 2.75) is 19.8 Å². The number of ether oxygens (including phenoxy) is 2. The predicted molar refractivity (Wildman–Crippen MR) is 82.5 cm³/mol. The summed E-state index contributed by atoms with van der Waals surface area (Å²) in [6.07, 6.45) is 2.03. The number of benzene rings is 1. The first-order valence-electron chi connectivity index (χ1n) is 7.47. The molecule has 1 amide bonds. The van der Waals surface area contributed by atoms with Gasteiger partial charge in [-0.3, -0.25) is 4.79 Å². The van der Waals surface area contributed by atoms with Crippen molar-refractivity contribution in [3.8, 4) is 5.75 Å². The number of anilines is 1. The van der Waals surface area contributed by atoms with Crippen molar-refractivity contribution in [2.24, 2.45) is 5.92 Å². The molecule has 1 fully saturated rings. The number of hydrogen-bond donors (Lipinski definition) is 1. The number of nitrogens with zero attached hydrogens (tertiary/aromatic N) is 1. The van der Waals surface area contributed by atoms with E-state index in [1.165, 1.54) is 0 Å². The SMILES string of the molecule is CCOc1ccc(C(=O)N(C)CC2CCOCC2)cc1N. The van der Waals surface area contributed by atoms with Gasteiger partial charge in [0, 0.05) is 32.4 Å². The Bertz CT molecular complexity index is 484. The summed E-state index contributed by atoms with van der Waals surface area (Å²) < 4.78 is 10.7. The van der Waals surface area contributed by atoms with Crippen LogP contribution in [0.25, 0.3) is 0 Å². The number of hydrogen-bond acceptors (Lipinski definition) is 4. The van der Waals surface area contributed by atoms with Gasteiger partial charge in [-0.2, -0.15) is 0 Å². The molecular formula is C16H24N2O3. The molecule has 116 valence electrons. The molecule has 1 aromatic rings. The van der Waals surface area contributed by atoms with Gasteiger partial charge in [0.05, 0.1) is 12.3 Å². The Balaban J connectivity index is 1.99. The zero-order valence-corrected chi connectivity index (χ0v) is 12.8. The molecule has 0 aliphatic carbocycles. The van der Waals surface area contributed by atoms with Crippen molar-refractivity contribution < 1.29 is 14.3 Å². The molecule has 1 aliphatic heterocycles. The molecule has 1 aliphatic rings. The quantitative estimate of drug-likeness (QED) is 0.845. The molecular weight excluding hydrogens is 268 g/mol. The summed E-state index contributed by atoms with van der Waals surface area (Å²) in [6, 6.07) is 5.21. The Morgan fingerprint density at radius 2 is 2.14 bits per heavy atom. The number of carbonyl (C=O) groups is 1. The summed E-state index contributed by atoms with van der Waals surface area (Å²) in [7, 11) is 1.84. The largest absolute Gasteiger partial charge is 0.492 e. The zero-order chi connectivity index (χ0) is 15.2. The minimum Gasteiger partial charge on any atom is -0.492 e. The lowest BCUT2D eigenvalue weighted by Gasteiger charge is -2.27. The van der Waals surface area contributed by atoms with Gasteiger partial charge in [0.15, 0.2) is 0 Å². The fourth-order valence-electron chi connectivity index (χ4n) is 2.59. The molecule has 0 radical (unpaired) electrons. The molecule has 0 bridgehead atoms. The smallest absolute Gasteiger partial charge is 0.253 e. The van der Waals surface area contributed by atoms with Crippen LogP contribution in [0.3, 0.4) is 0 Å². The van der Waals surface area contributed by atoms with E-state index >= 15 is 0 Å². The first kappa shape index (κ1) is 15.6. The topological polar surface area (TPSA) is 64.8 Å². The van der Waals surface area contributed by atoms with Crippen LogP contribution in [-0.2, 0) is 4.74 Å². The van der Waals surface area contributed by atoms with E-state index in [1.807, 2.05) is 14.0 Å². The number of carbonyl (C=O) groups excluding carboxylic acids is 1. The Labute approximate surface area is 126 Å². The number of nitrogens with two attached hydrogens (primary N) is 1. The van der Waals surface area contributed by atoms with Gasteiger partial charge in [-0.15, -0.1) is 0 Å². The highest BCUT2D eigenvalue weighted by atomic mass is 16.5. The standard InChI is InChI=1S/C16H24N2O3/c1-3-21-15-5-4-13(10-14(15)17)16(19)18(2)11-12-6-8-20-9-7-12/h4-5,10,12H,3,6-9,11,17H2,1-2H3. The highest BCUT2D eigenvalue weighted by Crippen LogP contribution is 2.23. The van der Waals surface area contributed by atoms with Crippen molar-refractivity contribution in [1.82, 2.24) is 4.90 Å². The van der Waals surface area contributed by atoms with Crippen LogP contribution in [0.5, 0.6) is 5.75 Å². The Morgan fingerprint density at radius 3 is 2.76 bits per heavy atom. The van der Waals surface area contributed by atoms with Crippen LogP contribution in [0.2, 0.25) is 0 Å². The molecule has 0 unspecified atom stereocenters. The summed E-state index contributed by atoms with van der Waals surface area (Å²) in [4.78, 5) is 14.2. The summed E-state index contributed by atoms with van der Waals surface area (Å²) in [5.41, 5.74) is 7.02. The number of amides is 1. The minimum atomic E-state index is -0.00348. The van der Waals surface area contributed by atoms with Gasteiger partial charge in [0.1, 0.15) is 5.75 Å². The summed E-state index contributed by atoms with van der Waals surface area (Å²) >= 11 is 0. The molecule has 21 heavy (non-hydrogen) atoms. The molecule has 0 saturated carbocycles. The highest BCUT2D eigenvalue weighted by Gasteiger charge is 2.20. The molecule has 0 spiro atoms. The van der Waals surface area contributed by atoms with Gasteiger partial charge in [0.25, 0.3) is 5.91 Å². The second-order valence-electron chi connectivity index (χ2n) is 5.43. The summed E-state index contributed by atoms with van der Waals surface area (Å²) in [6.45, 7) is 4.81. The minimum absolute atomic E-state index is 0.00348. The van der Waals surface area contributed by atoms with Crippen LogP contribution in [0.1, 0.15) is 30.1 Å². The molecule has 1 saturated heterocycles. The average Bonchev–Trinajstić information content (AvgIpc) is 2.49. The van der Waals surface area contributed by atoms with Crippen molar-refractivity contribution in [2.75, 3.05) is 39.1 Å². The molecule has 2 N–H and O–H groups in total. The molecule has 1 heterocycles. The molecule has 1 aromatic carbocycles. The van der Waals surface area contributed by atoms with E-state index in [9.17, 15) is 4.79 Å². The molecule has 2 rings (SSSR count). The van der Waals surface area contributed by atoms with Gasteiger partial charge in [-0.1, -0.05) is 0 Å². The van der Waals surface area contributed by atoms with Crippen LogP contribution in [0, 0.1) is 5.92 Å². The van der Waals surface area contributed by atoms with Gasteiger partial charge in [0.2, 0.25) is 0 Å². The first-order valence-corrected chi connectivity index (χ1v) is 7.47. The maximum absolute atomic E-state index is 12.4. The second-order valence-corrected chi connectivity index (χ2v) is 5.43. The van der Waals surface area contributed by atoms with E-state index in [0.717, 1.165) is 32.6 Å². The number of rotatable bonds is 5. The third-order valence-electron chi connectivity index (χ3n) is 3.78. The predicted octanol–water partition coefficient (Wildman–Crippen LogP) is 2.17. The Kier molecular flexibility index (Phi) is 5.44. The summed E-state index contributed by atoms with van der Waals surface area (Å²) in [5, 5.41) is 0. The molecule has 0 atom stereocenters. The van der Waals surface area contributed by atoms with E-state index in [2.05, 4.69) is 0 Å². The van der Waals surface area contributed by atoms with Gasteiger partial charge in [-0.05, 0) is 43.9 Å². The molecule has 0 aromatic heterocycles. The zero-order valence-electron chi connectivity index (χ0n) is 12.8. The maximum Gasteiger partial charge on any atom is 0.253 e. The van der Waals surface area contributed by atoms with E-state index < -0.39 is 0 Å². The summed E-state index contributed by atoms with van der Waals surface area (Å²) in [5.74, 6) is 1.14. The van der Waals surface area contributed by atoms with Crippen molar-refractivity contribution in [1.29, 1.82) is 0 Å². The van der Waals surface area contributed by atoms with Crippen LogP contribution in [0.15, 0.2) is 18.2 Å². The Hall–Kier alpha value is -1.75. The number of nitrogen functional groups attached to an aromatic ring is 1. The van der Waals surface area contributed by atoms with E-state index in [4.69, 9.17) is 15.2 Å². The Morgan fingerprint density at radius 1 is 1.43 bits per heavy atom. The molecule has 5 nitrogen and oxygen atoms in total. The van der Waals surface area contributed by atoms with Crippen LogP contribution in [-0.4, -0.2) is 44.2 Å². The molecule has 5 heteroatoms. The first-order chi connectivity index (χ1) is 10.1. The normalized spacial score (nSPS) is 15.7. The third-order valence-corrected chi connectivity index (χ3v) is 3.78. The van der Waals surface area contributed by atoms with Crippen molar-refractivity contribution in [3.05, 3.63) is 23.8 Å². The van der Waals surface area contributed by atoms with E-state index in [-0.39, 0.29) is 5.91 Å². The van der Waals surface area contributed by atoms with Crippen LogP contribution in [0.4, 0.5) is 5.69 Å². The second kappa shape index (κ2) is 7.31. The van der Waals surface area contributed by atoms with Crippen molar-refractivity contribution in [3.63, 3.8) is 0 Å². The van der Waals surface area contributed by atoms with Crippen LogP contribution >= 0.6 is 0 Å². The van der Waals surface area contributed by atoms with E-state index in [0.29, 0.717) is 29.5 Å². The lowest BCUT2D eigenvalue weighted by molar-refractivity contribution is 0.0497. The van der Waals surface area contributed by atoms with Gasteiger partial charge < -0.3 is 20.1 Å². The van der Waals surface area contributed by atoms with Gasteiger partial charge >= 0.3 is 0 Å². The third kappa shape index (κ3) is 4.11. The highest BCUT2D eigenvalue weighted by molar-refractivity contribution is 5.95. The van der Waals surface area contributed by atoms with E-state index in [1.54, 1.807) is 23.1 Å². The monoisotopic (exact) mass is 292 g/mol. The van der Waals surface area contributed by atoms with Crippen LogP contribution < -0.4 is 10.5 Å². The fraction of sp³-hybridized carbons (Fsp3) is 0.562. The fourth-order valence-corrected chi connectivity index (χ4v) is 2.59. The van der Waals surface area contributed by atoms with Crippen molar-refractivity contribution >= 4 is 11.6 Å². The lowest BCUT2D eigenvalue weighted by Crippen LogP contribution is -2.34. The van der Waals surface area contributed by atoms with Gasteiger partial charge in [-0.25, -0.2) is 0 Å². The average molecular weight is 292 g/mol. The lowest BCUT2D eigenvalue weighted by atomic mass is 9.99. The maximum atomic E-state index is 12.4.